The van der Waals surface area contributed by atoms with Crippen LogP contribution in [0.15, 0.2) is 33.7 Å². The van der Waals surface area contributed by atoms with E-state index in [0.717, 1.165) is 10.0 Å². The molecule has 1 aliphatic heterocycles. The van der Waals surface area contributed by atoms with Crippen molar-refractivity contribution in [1.82, 2.24) is 0 Å². The molecule has 0 radical (unpaired) electrons. The van der Waals surface area contributed by atoms with Crippen LogP contribution >= 0.6 is 15.9 Å². The highest BCUT2D eigenvalue weighted by Crippen LogP contribution is 2.20. The molecule has 0 amide bonds. The van der Waals surface area contributed by atoms with Gasteiger partial charge in [0.05, 0.1) is 5.56 Å². The Morgan fingerprint density at radius 1 is 1.50 bits per heavy atom. The number of ether oxygens (including phenoxy) is 1. The summed E-state index contributed by atoms with van der Waals surface area (Å²) in [5.41, 5.74) is 6.50. The zero-order valence-corrected chi connectivity index (χ0v) is 9.20. The van der Waals surface area contributed by atoms with Crippen LogP contribution in [0.3, 0.4) is 0 Å². The van der Waals surface area contributed by atoms with Crippen molar-refractivity contribution in [2.24, 2.45) is 10.7 Å². The molecule has 0 aromatic heterocycles. The Bertz CT molecular complexity index is 365. The standard InChI is InChI=1S/C10H11BrN2O/c11-9-4-2-1-3-8(9)10-13-7(5-12)6-14-10/h1-4,7H,5-6,12H2. The maximum Gasteiger partial charge on any atom is 0.217 e. The van der Waals surface area contributed by atoms with Gasteiger partial charge in [-0.15, -0.1) is 0 Å². The molecule has 0 bridgehead atoms. The molecule has 0 saturated heterocycles. The largest absolute Gasteiger partial charge is 0.475 e. The van der Waals surface area contributed by atoms with Gasteiger partial charge in [-0.05, 0) is 28.1 Å². The van der Waals surface area contributed by atoms with Crippen LogP contribution < -0.4 is 5.73 Å². The minimum atomic E-state index is 0.108. The first-order valence-electron chi connectivity index (χ1n) is 4.47. The predicted octanol–water partition coefficient (Wildman–Crippen LogP) is 1.55. The number of hydrogen-bond donors (Lipinski definition) is 1. The van der Waals surface area contributed by atoms with Gasteiger partial charge in [-0.1, -0.05) is 12.1 Å². The maximum absolute atomic E-state index is 5.51. The molecule has 1 atom stereocenters. The van der Waals surface area contributed by atoms with Crippen molar-refractivity contribution in [3.05, 3.63) is 34.3 Å². The summed E-state index contributed by atoms with van der Waals surface area (Å²) in [6.07, 6.45) is 0. The van der Waals surface area contributed by atoms with E-state index in [0.29, 0.717) is 19.0 Å². The molecule has 74 valence electrons. The Balaban J connectivity index is 2.28. The molecule has 14 heavy (non-hydrogen) atoms. The van der Waals surface area contributed by atoms with Crippen LogP contribution in [0.25, 0.3) is 0 Å². The molecule has 0 fully saturated rings. The van der Waals surface area contributed by atoms with Gasteiger partial charge in [0.1, 0.15) is 12.6 Å². The second-order valence-corrected chi connectivity index (χ2v) is 3.97. The third-order valence-corrected chi connectivity index (χ3v) is 2.78. The molecule has 1 aliphatic rings. The first kappa shape index (κ1) is 9.68. The monoisotopic (exact) mass is 254 g/mol. The van der Waals surface area contributed by atoms with Gasteiger partial charge >= 0.3 is 0 Å². The zero-order valence-electron chi connectivity index (χ0n) is 7.61. The normalized spacial score (nSPS) is 20.4. The van der Waals surface area contributed by atoms with Gasteiger partial charge in [-0.25, -0.2) is 4.99 Å². The highest BCUT2D eigenvalue weighted by Gasteiger charge is 2.19. The lowest BCUT2D eigenvalue weighted by molar-refractivity contribution is 0.319. The predicted molar refractivity (Wildman–Crippen MR) is 59.5 cm³/mol. The van der Waals surface area contributed by atoms with Crippen molar-refractivity contribution >= 4 is 21.8 Å². The summed E-state index contributed by atoms with van der Waals surface area (Å²) < 4.78 is 6.46. The molecule has 3 nitrogen and oxygen atoms in total. The van der Waals surface area contributed by atoms with Crippen molar-refractivity contribution in [2.45, 2.75) is 6.04 Å². The zero-order chi connectivity index (χ0) is 9.97. The molecule has 1 heterocycles. The van der Waals surface area contributed by atoms with E-state index in [2.05, 4.69) is 20.9 Å². The average Bonchev–Trinajstić information content (AvgIpc) is 2.67. The number of aliphatic imine (C=N–C) groups is 1. The van der Waals surface area contributed by atoms with Crippen molar-refractivity contribution in [3.63, 3.8) is 0 Å². The number of hydrogen-bond acceptors (Lipinski definition) is 3. The molecule has 2 rings (SSSR count). The van der Waals surface area contributed by atoms with E-state index in [4.69, 9.17) is 10.5 Å². The van der Waals surface area contributed by atoms with E-state index in [1.807, 2.05) is 24.3 Å². The summed E-state index contributed by atoms with van der Waals surface area (Å²) >= 11 is 3.46. The van der Waals surface area contributed by atoms with Crippen LogP contribution in [0.2, 0.25) is 0 Å². The summed E-state index contributed by atoms with van der Waals surface area (Å²) in [5.74, 6) is 0.688. The second-order valence-electron chi connectivity index (χ2n) is 3.11. The highest BCUT2D eigenvalue weighted by atomic mass is 79.9. The molecule has 0 spiro atoms. The minimum absolute atomic E-state index is 0.108. The van der Waals surface area contributed by atoms with Crippen LogP contribution in [-0.4, -0.2) is 25.1 Å². The fourth-order valence-corrected chi connectivity index (χ4v) is 1.77. The number of halogens is 1. The number of nitrogens with two attached hydrogens (primary N) is 1. The van der Waals surface area contributed by atoms with Crippen LogP contribution in [0.1, 0.15) is 5.56 Å². The van der Waals surface area contributed by atoms with Crippen LogP contribution in [0.4, 0.5) is 0 Å². The van der Waals surface area contributed by atoms with E-state index in [-0.39, 0.29) is 6.04 Å². The SMILES string of the molecule is NCC1COC(c2ccccc2Br)=N1. The van der Waals surface area contributed by atoms with Gasteiger partial charge in [0.25, 0.3) is 0 Å². The van der Waals surface area contributed by atoms with Crippen LogP contribution in [0.5, 0.6) is 0 Å². The van der Waals surface area contributed by atoms with Gasteiger partial charge in [-0.2, -0.15) is 0 Å². The molecule has 1 aromatic rings. The topological polar surface area (TPSA) is 47.6 Å². The lowest BCUT2D eigenvalue weighted by Gasteiger charge is -2.02. The van der Waals surface area contributed by atoms with Crippen molar-refractivity contribution in [3.8, 4) is 0 Å². The average molecular weight is 255 g/mol. The molecule has 1 aromatic carbocycles. The first-order valence-corrected chi connectivity index (χ1v) is 5.26. The number of rotatable bonds is 2. The highest BCUT2D eigenvalue weighted by molar-refractivity contribution is 9.10. The van der Waals surface area contributed by atoms with E-state index >= 15 is 0 Å². The molecular formula is C10H11BrN2O. The fraction of sp³-hybridized carbons (Fsp3) is 0.300. The van der Waals surface area contributed by atoms with E-state index in [9.17, 15) is 0 Å². The lowest BCUT2D eigenvalue weighted by atomic mass is 10.2. The van der Waals surface area contributed by atoms with E-state index in [1.54, 1.807) is 0 Å². The van der Waals surface area contributed by atoms with Gasteiger partial charge in [-0.3, -0.25) is 0 Å². The molecule has 4 heteroatoms. The number of nitrogens with zero attached hydrogens (tertiary/aromatic N) is 1. The van der Waals surface area contributed by atoms with Crippen molar-refractivity contribution < 1.29 is 4.74 Å². The van der Waals surface area contributed by atoms with Gasteiger partial charge in [0.2, 0.25) is 5.90 Å². The van der Waals surface area contributed by atoms with Crippen LogP contribution in [-0.2, 0) is 4.74 Å². The van der Waals surface area contributed by atoms with E-state index in [1.165, 1.54) is 0 Å². The third-order valence-electron chi connectivity index (χ3n) is 2.09. The summed E-state index contributed by atoms with van der Waals surface area (Å²) in [7, 11) is 0. The Morgan fingerprint density at radius 2 is 2.29 bits per heavy atom. The van der Waals surface area contributed by atoms with Gasteiger partial charge in [0, 0.05) is 11.0 Å². The first-order chi connectivity index (χ1) is 6.81. The molecule has 0 saturated carbocycles. The molecule has 0 aliphatic carbocycles. The Hall–Kier alpha value is -0.870. The molecule has 2 N–H and O–H groups in total. The third kappa shape index (κ3) is 1.81. The van der Waals surface area contributed by atoms with Crippen molar-refractivity contribution in [2.75, 3.05) is 13.2 Å². The van der Waals surface area contributed by atoms with Crippen LogP contribution in [0, 0.1) is 0 Å². The Kier molecular flexibility index (Phi) is 2.84. The molecular weight excluding hydrogens is 244 g/mol. The second kappa shape index (κ2) is 4.11. The summed E-state index contributed by atoms with van der Waals surface area (Å²) in [4.78, 5) is 4.38. The quantitative estimate of drug-likeness (QED) is 0.871. The maximum atomic E-state index is 5.51. The summed E-state index contributed by atoms with van der Waals surface area (Å²) in [6, 6.07) is 7.97. The van der Waals surface area contributed by atoms with Gasteiger partial charge < -0.3 is 10.5 Å². The lowest BCUT2D eigenvalue weighted by Crippen LogP contribution is -2.18. The van der Waals surface area contributed by atoms with E-state index < -0.39 is 0 Å². The smallest absolute Gasteiger partial charge is 0.217 e. The molecule has 1 unspecified atom stereocenters. The fourth-order valence-electron chi connectivity index (χ4n) is 1.32. The Morgan fingerprint density at radius 3 is 2.93 bits per heavy atom. The number of benzene rings is 1. The Labute approximate surface area is 91.1 Å². The summed E-state index contributed by atoms with van der Waals surface area (Å²) in [6.45, 7) is 1.13. The van der Waals surface area contributed by atoms with Gasteiger partial charge in [0.15, 0.2) is 0 Å². The van der Waals surface area contributed by atoms with Crippen molar-refractivity contribution in [1.29, 1.82) is 0 Å². The summed E-state index contributed by atoms with van der Waals surface area (Å²) in [5, 5.41) is 0. The minimum Gasteiger partial charge on any atom is -0.475 e.